The molecule has 3 atom stereocenters. The van der Waals surface area contributed by atoms with Crippen molar-refractivity contribution in [2.24, 2.45) is 0 Å². The molecule has 0 unspecified atom stereocenters. The number of piperidine rings is 1. The van der Waals surface area contributed by atoms with Crippen LogP contribution in [0.1, 0.15) is 56.4 Å². The van der Waals surface area contributed by atoms with E-state index in [0.717, 1.165) is 45.4 Å². The van der Waals surface area contributed by atoms with Gasteiger partial charge in [-0.25, -0.2) is 4.79 Å². The van der Waals surface area contributed by atoms with Crippen LogP contribution in [0.5, 0.6) is 0 Å². The number of hydrogen-bond donors (Lipinski definition) is 2. The van der Waals surface area contributed by atoms with Crippen molar-refractivity contribution >= 4 is 16.9 Å². The lowest BCUT2D eigenvalue weighted by Crippen LogP contribution is -2.57. The number of nitrogens with zero attached hydrogens (tertiary/aromatic N) is 2. The van der Waals surface area contributed by atoms with E-state index in [1.54, 1.807) is 0 Å². The Labute approximate surface area is 168 Å². The Bertz CT molecular complexity index is 854. The quantitative estimate of drug-likeness (QED) is 0.821. The Morgan fingerprint density at radius 2 is 2.07 bits per heavy atom. The number of hydrogen-bond acceptors (Lipinski definition) is 2. The van der Waals surface area contributed by atoms with Crippen molar-refractivity contribution in [3.8, 4) is 0 Å². The van der Waals surface area contributed by atoms with Gasteiger partial charge in [-0.3, -0.25) is 4.90 Å². The summed E-state index contributed by atoms with van der Waals surface area (Å²) in [6.07, 6.45) is 3.29. The number of rotatable bonds is 5. The molecule has 2 heterocycles. The smallest absolute Gasteiger partial charge is 0.317 e. The maximum absolute atomic E-state index is 12.7. The predicted molar refractivity (Wildman–Crippen MR) is 115 cm³/mol. The number of carbonyl (C=O) groups excluding carboxylic acids is 1. The van der Waals surface area contributed by atoms with E-state index in [4.69, 9.17) is 0 Å². The minimum absolute atomic E-state index is 0.0806. The number of likely N-dealkylation sites (tertiary alicyclic amines) is 1. The third-order valence-electron chi connectivity index (χ3n) is 6.80. The summed E-state index contributed by atoms with van der Waals surface area (Å²) in [4.78, 5) is 20.8. The first-order chi connectivity index (χ1) is 13.6. The highest BCUT2D eigenvalue weighted by Gasteiger charge is 2.41. The van der Waals surface area contributed by atoms with E-state index in [1.165, 1.54) is 27.7 Å². The molecule has 2 aliphatic rings. The van der Waals surface area contributed by atoms with Gasteiger partial charge in [-0.2, -0.15) is 0 Å². The molecule has 2 amide bonds. The molecule has 2 aromatic rings. The van der Waals surface area contributed by atoms with Gasteiger partial charge >= 0.3 is 6.03 Å². The van der Waals surface area contributed by atoms with Crippen LogP contribution in [0.3, 0.4) is 0 Å². The van der Waals surface area contributed by atoms with Gasteiger partial charge in [-0.05, 0) is 63.8 Å². The van der Waals surface area contributed by atoms with Gasteiger partial charge in [0.25, 0.3) is 0 Å². The van der Waals surface area contributed by atoms with E-state index in [1.807, 2.05) is 18.7 Å². The first-order valence-corrected chi connectivity index (χ1v) is 11.0. The second-order valence-corrected chi connectivity index (χ2v) is 8.43. The van der Waals surface area contributed by atoms with Gasteiger partial charge in [0.15, 0.2) is 0 Å². The maximum Gasteiger partial charge on any atom is 0.317 e. The van der Waals surface area contributed by atoms with Crippen LogP contribution in [0.25, 0.3) is 10.9 Å². The van der Waals surface area contributed by atoms with Crippen LogP contribution in [-0.2, 0) is 6.42 Å². The molecule has 0 radical (unpaired) electrons. The first kappa shape index (κ1) is 19.3. The van der Waals surface area contributed by atoms with Crippen molar-refractivity contribution in [1.82, 2.24) is 20.1 Å². The van der Waals surface area contributed by atoms with Gasteiger partial charge < -0.3 is 15.2 Å². The number of H-pyrrole nitrogens is 1. The highest BCUT2D eigenvalue weighted by molar-refractivity contribution is 5.89. The highest BCUT2D eigenvalue weighted by atomic mass is 16.2. The molecule has 1 fully saturated rings. The van der Waals surface area contributed by atoms with Crippen molar-refractivity contribution < 1.29 is 4.79 Å². The minimum atomic E-state index is 0.0806. The molecule has 1 aromatic carbocycles. The molecule has 1 aromatic heterocycles. The molecule has 0 bridgehead atoms. The number of aromatic amines is 1. The normalized spacial score (nSPS) is 24.2. The number of aromatic nitrogens is 1. The average Bonchev–Trinajstić information content (AvgIpc) is 3.00. The van der Waals surface area contributed by atoms with Crippen molar-refractivity contribution in [3.05, 3.63) is 35.0 Å². The second kappa shape index (κ2) is 7.78. The molecule has 1 aliphatic heterocycles. The SMILES string of the molecule is CCCN1C[C@@H](NC(=O)N(CC)CC)C[C@@H]2c3cccc4[nH]c(C)c(c34)C[C@H]21. The molecular formula is C23H34N4O. The molecule has 5 nitrogen and oxygen atoms in total. The van der Waals surface area contributed by atoms with E-state index in [9.17, 15) is 4.79 Å². The van der Waals surface area contributed by atoms with E-state index >= 15 is 0 Å². The monoisotopic (exact) mass is 382 g/mol. The minimum Gasteiger partial charge on any atom is -0.358 e. The van der Waals surface area contributed by atoms with Crippen LogP contribution in [-0.4, -0.2) is 59.1 Å². The van der Waals surface area contributed by atoms with Gasteiger partial charge in [0.2, 0.25) is 0 Å². The Kier molecular flexibility index (Phi) is 5.37. The summed E-state index contributed by atoms with van der Waals surface area (Å²) in [7, 11) is 0. The summed E-state index contributed by atoms with van der Waals surface area (Å²) in [6.45, 7) is 12.1. The van der Waals surface area contributed by atoms with E-state index in [-0.39, 0.29) is 12.1 Å². The van der Waals surface area contributed by atoms with Crippen molar-refractivity contribution in [2.45, 2.75) is 65.0 Å². The highest BCUT2D eigenvalue weighted by Crippen LogP contribution is 2.44. The summed E-state index contributed by atoms with van der Waals surface area (Å²) >= 11 is 0. The number of carbonyl (C=O) groups is 1. The summed E-state index contributed by atoms with van der Waals surface area (Å²) in [5, 5.41) is 4.78. The molecule has 5 heteroatoms. The molecule has 28 heavy (non-hydrogen) atoms. The fraction of sp³-hybridized carbons (Fsp3) is 0.609. The van der Waals surface area contributed by atoms with Gasteiger partial charge in [-0.15, -0.1) is 0 Å². The van der Waals surface area contributed by atoms with Crippen LogP contribution in [0.4, 0.5) is 4.79 Å². The Morgan fingerprint density at radius 3 is 2.79 bits per heavy atom. The summed E-state index contributed by atoms with van der Waals surface area (Å²) in [6, 6.07) is 7.52. The van der Waals surface area contributed by atoms with Crippen molar-refractivity contribution in [2.75, 3.05) is 26.2 Å². The largest absolute Gasteiger partial charge is 0.358 e. The topological polar surface area (TPSA) is 51.4 Å². The molecule has 1 saturated heterocycles. The Morgan fingerprint density at radius 1 is 1.29 bits per heavy atom. The zero-order valence-electron chi connectivity index (χ0n) is 17.7. The fourth-order valence-electron chi connectivity index (χ4n) is 5.49. The second-order valence-electron chi connectivity index (χ2n) is 8.43. The van der Waals surface area contributed by atoms with Crippen LogP contribution in [0.2, 0.25) is 0 Å². The lowest BCUT2D eigenvalue weighted by Gasteiger charge is -2.47. The fourth-order valence-corrected chi connectivity index (χ4v) is 5.49. The van der Waals surface area contributed by atoms with Crippen LogP contribution in [0, 0.1) is 6.92 Å². The third-order valence-corrected chi connectivity index (χ3v) is 6.80. The lowest BCUT2D eigenvalue weighted by molar-refractivity contribution is 0.0979. The molecule has 0 saturated carbocycles. The Hall–Kier alpha value is -2.01. The molecular weight excluding hydrogens is 348 g/mol. The average molecular weight is 383 g/mol. The number of benzene rings is 1. The van der Waals surface area contributed by atoms with Gasteiger partial charge in [-0.1, -0.05) is 19.1 Å². The number of aryl methyl sites for hydroxylation is 1. The van der Waals surface area contributed by atoms with Gasteiger partial charge in [0.1, 0.15) is 0 Å². The number of nitrogens with one attached hydrogen (secondary N) is 2. The zero-order valence-corrected chi connectivity index (χ0v) is 17.7. The zero-order chi connectivity index (χ0) is 19.8. The number of fused-ring (bicyclic) bond motifs is 2. The van der Waals surface area contributed by atoms with E-state index in [0.29, 0.717) is 12.0 Å². The standard InChI is InChI=1S/C23H34N4O/c1-5-11-27-14-16(25-23(28)26(6-2)7-3)12-19-17-9-8-10-20-22(17)18(13-21(19)27)15(4)24-20/h8-10,16,19,21,24H,5-7,11-14H2,1-4H3,(H,25,28)/t16-,19+,21+/m0/s1. The molecule has 0 spiro atoms. The molecule has 152 valence electrons. The molecule has 1 aliphatic carbocycles. The summed E-state index contributed by atoms with van der Waals surface area (Å²) in [5.41, 5.74) is 5.55. The van der Waals surface area contributed by atoms with Gasteiger partial charge in [0.05, 0.1) is 0 Å². The summed E-state index contributed by atoms with van der Waals surface area (Å²) in [5.74, 6) is 0.480. The van der Waals surface area contributed by atoms with Crippen molar-refractivity contribution in [3.63, 3.8) is 0 Å². The van der Waals surface area contributed by atoms with Gasteiger partial charge in [0, 0.05) is 54.2 Å². The maximum atomic E-state index is 12.7. The van der Waals surface area contributed by atoms with E-state index < -0.39 is 0 Å². The van der Waals surface area contributed by atoms with Crippen LogP contribution >= 0.6 is 0 Å². The molecule has 4 rings (SSSR count). The Balaban J connectivity index is 1.66. The molecule has 2 N–H and O–H groups in total. The number of amides is 2. The van der Waals surface area contributed by atoms with Crippen LogP contribution in [0.15, 0.2) is 18.2 Å². The first-order valence-electron chi connectivity index (χ1n) is 11.0. The van der Waals surface area contributed by atoms with Crippen LogP contribution < -0.4 is 5.32 Å². The van der Waals surface area contributed by atoms with Crippen molar-refractivity contribution in [1.29, 1.82) is 0 Å². The summed E-state index contributed by atoms with van der Waals surface area (Å²) < 4.78 is 0. The lowest BCUT2D eigenvalue weighted by atomic mass is 9.73. The number of urea groups is 1. The third kappa shape index (κ3) is 3.20. The van der Waals surface area contributed by atoms with E-state index in [2.05, 4.69) is 47.2 Å². The predicted octanol–water partition coefficient (Wildman–Crippen LogP) is 4.02.